The lowest BCUT2D eigenvalue weighted by molar-refractivity contribution is -0.141. The molecule has 0 aliphatic carbocycles. The molecule has 0 aromatic carbocycles. The average molecular weight is 182 g/mol. The van der Waals surface area contributed by atoms with Gasteiger partial charge in [0.05, 0.1) is 5.92 Å². The molecule has 2 heteroatoms. The van der Waals surface area contributed by atoms with Crippen LogP contribution in [0.15, 0.2) is 0 Å². The third-order valence-corrected chi connectivity index (χ3v) is 2.12. The highest BCUT2D eigenvalue weighted by atomic mass is 16.4. The smallest absolute Gasteiger partial charge is 0.307 e. The van der Waals surface area contributed by atoms with Crippen molar-refractivity contribution in [1.82, 2.24) is 0 Å². The number of carboxylic acids is 1. The first-order valence-electron chi connectivity index (χ1n) is 4.88. The van der Waals surface area contributed by atoms with Crippen LogP contribution >= 0.6 is 0 Å². The summed E-state index contributed by atoms with van der Waals surface area (Å²) in [7, 11) is 0. The fraction of sp³-hybridized carbons (Fsp3) is 0.727. The molecule has 0 heterocycles. The highest BCUT2D eigenvalue weighted by Crippen LogP contribution is 2.14. The molecule has 0 saturated carbocycles. The number of carboxylic acid groups (broad SMARTS) is 1. The van der Waals surface area contributed by atoms with Gasteiger partial charge >= 0.3 is 5.97 Å². The molecule has 0 radical (unpaired) electrons. The molecule has 74 valence electrons. The summed E-state index contributed by atoms with van der Waals surface area (Å²) in [6.07, 6.45) is 10.6. The Morgan fingerprint density at radius 1 is 1.46 bits per heavy atom. The molecule has 2 nitrogen and oxygen atoms in total. The summed E-state index contributed by atoms with van der Waals surface area (Å²) in [5.74, 6) is 1.32. The number of unbranched alkanes of at least 4 members (excludes halogenated alkanes) is 3. The Kier molecular flexibility index (Phi) is 7.10. The maximum Gasteiger partial charge on any atom is 0.307 e. The number of rotatable bonds is 7. The summed E-state index contributed by atoms with van der Waals surface area (Å²) in [5.41, 5.74) is 0. The zero-order valence-electron chi connectivity index (χ0n) is 8.25. The van der Waals surface area contributed by atoms with E-state index in [2.05, 4.69) is 12.8 Å². The third-order valence-electron chi connectivity index (χ3n) is 2.12. The molecule has 0 amide bonds. The Morgan fingerprint density at radius 3 is 2.62 bits per heavy atom. The average Bonchev–Trinajstić information content (AvgIpc) is 2.10. The van der Waals surface area contributed by atoms with Gasteiger partial charge in [-0.1, -0.05) is 32.6 Å². The molecule has 13 heavy (non-hydrogen) atoms. The fourth-order valence-corrected chi connectivity index (χ4v) is 1.27. The normalized spacial score (nSPS) is 12.0. The van der Waals surface area contributed by atoms with E-state index < -0.39 is 5.97 Å². The van der Waals surface area contributed by atoms with Crippen molar-refractivity contribution in [3.8, 4) is 12.3 Å². The van der Waals surface area contributed by atoms with Crippen LogP contribution in [0, 0.1) is 18.3 Å². The lowest BCUT2D eigenvalue weighted by Crippen LogP contribution is -2.12. The van der Waals surface area contributed by atoms with Crippen molar-refractivity contribution < 1.29 is 9.90 Å². The van der Waals surface area contributed by atoms with E-state index in [-0.39, 0.29) is 5.92 Å². The van der Waals surface area contributed by atoms with E-state index >= 15 is 0 Å². The molecule has 0 unspecified atom stereocenters. The Labute approximate surface area is 80.3 Å². The summed E-state index contributed by atoms with van der Waals surface area (Å²) >= 11 is 0. The molecule has 0 rings (SSSR count). The fourth-order valence-electron chi connectivity index (χ4n) is 1.27. The van der Waals surface area contributed by atoms with E-state index in [4.69, 9.17) is 11.5 Å². The predicted octanol–water partition coefficient (Wildman–Crippen LogP) is 2.68. The molecule has 0 aromatic heterocycles. The third kappa shape index (κ3) is 6.21. The highest BCUT2D eigenvalue weighted by molar-refractivity contribution is 5.70. The molecule has 0 aromatic rings. The molecular weight excluding hydrogens is 164 g/mol. The Hall–Kier alpha value is -0.970. The van der Waals surface area contributed by atoms with E-state index in [1.165, 1.54) is 12.8 Å². The van der Waals surface area contributed by atoms with Gasteiger partial charge in [-0.25, -0.2) is 0 Å². The highest BCUT2D eigenvalue weighted by Gasteiger charge is 2.14. The van der Waals surface area contributed by atoms with Crippen molar-refractivity contribution in [2.45, 2.75) is 45.4 Å². The van der Waals surface area contributed by atoms with E-state index in [1.807, 2.05) is 0 Å². The quantitative estimate of drug-likeness (QED) is 0.485. The number of aliphatic carboxylic acids is 1. The lowest BCUT2D eigenvalue weighted by Gasteiger charge is -2.07. The van der Waals surface area contributed by atoms with Crippen molar-refractivity contribution in [2.24, 2.45) is 5.92 Å². The van der Waals surface area contributed by atoms with Gasteiger partial charge < -0.3 is 5.11 Å². The number of terminal acetylenes is 1. The summed E-state index contributed by atoms with van der Waals surface area (Å²) in [5, 5.41) is 8.77. The van der Waals surface area contributed by atoms with Crippen LogP contribution in [0.25, 0.3) is 0 Å². The second-order valence-corrected chi connectivity index (χ2v) is 3.29. The first kappa shape index (κ1) is 12.0. The molecule has 0 spiro atoms. The van der Waals surface area contributed by atoms with Crippen LogP contribution in [0.1, 0.15) is 45.4 Å². The number of carbonyl (C=O) groups is 1. The Balaban J connectivity index is 3.58. The maximum absolute atomic E-state index is 10.7. The van der Waals surface area contributed by atoms with Gasteiger partial charge in [0, 0.05) is 6.42 Å². The van der Waals surface area contributed by atoms with Crippen molar-refractivity contribution in [2.75, 3.05) is 0 Å². The van der Waals surface area contributed by atoms with Crippen LogP contribution in [0.3, 0.4) is 0 Å². The largest absolute Gasteiger partial charge is 0.481 e. The SMILES string of the molecule is C#CC[C@@H](CCCCCC)C(=O)O. The van der Waals surface area contributed by atoms with Gasteiger partial charge in [0.25, 0.3) is 0 Å². The molecule has 0 saturated heterocycles. The molecule has 0 fully saturated rings. The predicted molar refractivity (Wildman–Crippen MR) is 53.3 cm³/mol. The topological polar surface area (TPSA) is 37.3 Å². The molecule has 1 atom stereocenters. The van der Waals surface area contributed by atoms with E-state index in [0.717, 1.165) is 19.3 Å². The molecule has 0 aliphatic rings. The minimum absolute atomic E-state index is 0.332. The summed E-state index contributed by atoms with van der Waals surface area (Å²) in [6.45, 7) is 2.14. The summed E-state index contributed by atoms with van der Waals surface area (Å²) in [4.78, 5) is 10.7. The van der Waals surface area contributed by atoms with Crippen LogP contribution in [0.4, 0.5) is 0 Å². The minimum Gasteiger partial charge on any atom is -0.481 e. The minimum atomic E-state index is -0.755. The Morgan fingerprint density at radius 2 is 2.15 bits per heavy atom. The van der Waals surface area contributed by atoms with E-state index in [9.17, 15) is 4.79 Å². The molecular formula is C11H18O2. The number of hydrogen-bond acceptors (Lipinski definition) is 1. The van der Waals surface area contributed by atoms with Crippen LogP contribution in [0.5, 0.6) is 0 Å². The summed E-state index contributed by atoms with van der Waals surface area (Å²) in [6, 6.07) is 0. The second-order valence-electron chi connectivity index (χ2n) is 3.29. The van der Waals surface area contributed by atoms with Gasteiger partial charge in [-0.3, -0.25) is 4.79 Å². The first-order chi connectivity index (χ1) is 6.22. The van der Waals surface area contributed by atoms with Crippen LogP contribution < -0.4 is 0 Å². The van der Waals surface area contributed by atoms with Gasteiger partial charge in [-0.05, 0) is 6.42 Å². The zero-order valence-corrected chi connectivity index (χ0v) is 8.25. The number of hydrogen-bond donors (Lipinski definition) is 1. The Bertz CT molecular complexity index is 179. The van der Waals surface area contributed by atoms with Crippen LogP contribution in [0.2, 0.25) is 0 Å². The van der Waals surface area contributed by atoms with Gasteiger partial charge in [0.1, 0.15) is 0 Å². The maximum atomic E-state index is 10.7. The van der Waals surface area contributed by atoms with E-state index in [1.54, 1.807) is 0 Å². The van der Waals surface area contributed by atoms with E-state index in [0.29, 0.717) is 6.42 Å². The van der Waals surface area contributed by atoms with Crippen molar-refractivity contribution in [3.63, 3.8) is 0 Å². The lowest BCUT2D eigenvalue weighted by atomic mass is 9.98. The first-order valence-corrected chi connectivity index (χ1v) is 4.88. The van der Waals surface area contributed by atoms with Crippen LogP contribution in [-0.4, -0.2) is 11.1 Å². The monoisotopic (exact) mass is 182 g/mol. The van der Waals surface area contributed by atoms with Gasteiger partial charge in [0.2, 0.25) is 0 Å². The second kappa shape index (κ2) is 7.67. The van der Waals surface area contributed by atoms with Gasteiger partial charge in [-0.2, -0.15) is 0 Å². The van der Waals surface area contributed by atoms with Crippen molar-refractivity contribution in [1.29, 1.82) is 0 Å². The van der Waals surface area contributed by atoms with Gasteiger partial charge in [-0.15, -0.1) is 12.3 Å². The summed E-state index contributed by atoms with van der Waals surface area (Å²) < 4.78 is 0. The van der Waals surface area contributed by atoms with Crippen molar-refractivity contribution >= 4 is 5.97 Å². The van der Waals surface area contributed by atoms with Gasteiger partial charge in [0.15, 0.2) is 0 Å². The van der Waals surface area contributed by atoms with Crippen molar-refractivity contribution in [3.05, 3.63) is 0 Å². The standard InChI is InChI=1S/C11H18O2/c1-3-5-6-7-9-10(8-4-2)11(12)13/h2,10H,3,5-9H2,1H3,(H,12,13)/t10-/m0/s1. The molecule has 0 aliphatic heterocycles. The zero-order chi connectivity index (χ0) is 10.1. The molecule has 1 N–H and O–H groups in total. The molecule has 0 bridgehead atoms. The van der Waals surface area contributed by atoms with Crippen LogP contribution in [-0.2, 0) is 4.79 Å².